The van der Waals surface area contributed by atoms with E-state index in [4.69, 9.17) is 5.73 Å². The van der Waals surface area contributed by atoms with Crippen LogP contribution in [0.4, 0.5) is 0 Å². The Morgan fingerprint density at radius 3 is 1.17 bits per heavy atom. The fourth-order valence-corrected chi connectivity index (χ4v) is 9.92. The third-order valence-electron chi connectivity index (χ3n) is 5.84. The van der Waals surface area contributed by atoms with E-state index in [0.29, 0.717) is 0 Å². The molecule has 24 heavy (non-hydrogen) atoms. The van der Waals surface area contributed by atoms with E-state index >= 15 is 0 Å². The third-order valence-corrected chi connectivity index (χ3v) is 11.5. The largest absolute Gasteiger partial charge is 0.330 e. The smallest absolute Gasteiger partial charge is 0.0535 e. The van der Waals surface area contributed by atoms with E-state index in [1.807, 2.05) is 0 Å². The van der Waals surface area contributed by atoms with Crippen LogP contribution in [0.15, 0.2) is 0 Å². The summed E-state index contributed by atoms with van der Waals surface area (Å²) in [6, 6.07) is 6.52. The van der Waals surface area contributed by atoms with Crippen molar-refractivity contribution in [1.29, 1.82) is 0 Å². The maximum absolute atomic E-state index is 5.56. The van der Waals surface area contributed by atoms with Gasteiger partial charge in [0.15, 0.2) is 0 Å². The van der Waals surface area contributed by atoms with Crippen LogP contribution in [0.25, 0.3) is 0 Å². The first kappa shape index (κ1) is 24.2. The molecule has 2 heteroatoms. The molecule has 0 rings (SSSR count). The van der Waals surface area contributed by atoms with Crippen molar-refractivity contribution in [3.05, 3.63) is 0 Å². The van der Waals surface area contributed by atoms with Crippen LogP contribution in [0.5, 0.6) is 0 Å². The topological polar surface area (TPSA) is 26.0 Å². The second kappa shape index (κ2) is 18.0. The van der Waals surface area contributed by atoms with Gasteiger partial charge in [0.2, 0.25) is 0 Å². The highest BCUT2D eigenvalue weighted by atomic mass is 28.3. The Morgan fingerprint density at radius 2 is 0.792 bits per heavy atom. The second-order valence-electron chi connectivity index (χ2n) is 8.18. The fourth-order valence-electron chi connectivity index (χ4n) is 4.11. The highest BCUT2D eigenvalue weighted by Gasteiger charge is 2.29. The van der Waals surface area contributed by atoms with Crippen LogP contribution in [0.1, 0.15) is 111 Å². The van der Waals surface area contributed by atoms with Gasteiger partial charge in [-0.2, -0.15) is 0 Å². The highest BCUT2D eigenvalue weighted by Crippen LogP contribution is 2.34. The zero-order valence-electron chi connectivity index (χ0n) is 17.5. The minimum absolute atomic E-state index is 0.875. The van der Waals surface area contributed by atoms with E-state index in [0.717, 1.165) is 6.54 Å². The van der Waals surface area contributed by atoms with Gasteiger partial charge >= 0.3 is 0 Å². The Hall–Kier alpha value is 0.177. The van der Waals surface area contributed by atoms with Gasteiger partial charge in [-0.1, -0.05) is 128 Å². The van der Waals surface area contributed by atoms with Gasteiger partial charge in [-0.3, -0.25) is 0 Å². The highest BCUT2D eigenvalue weighted by molar-refractivity contribution is 6.79. The van der Waals surface area contributed by atoms with Crippen LogP contribution < -0.4 is 5.73 Å². The molecule has 0 unspecified atom stereocenters. The first-order valence-electron chi connectivity index (χ1n) is 11.4. The summed E-state index contributed by atoms with van der Waals surface area (Å²) in [5, 5.41) is 0. The Labute approximate surface area is 155 Å². The Bertz CT molecular complexity index is 220. The maximum Gasteiger partial charge on any atom is 0.0535 e. The lowest BCUT2D eigenvalue weighted by molar-refractivity contribution is 0.576. The molecule has 0 atom stereocenters. The van der Waals surface area contributed by atoms with Gasteiger partial charge in [0.05, 0.1) is 8.07 Å². The van der Waals surface area contributed by atoms with Crippen molar-refractivity contribution in [1.82, 2.24) is 0 Å². The summed E-state index contributed by atoms with van der Waals surface area (Å²) in [6.07, 6.45) is 20.1. The number of hydrogen-bond donors (Lipinski definition) is 1. The lowest BCUT2D eigenvalue weighted by Crippen LogP contribution is -2.33. The summed E-state index contributed by atoms with van der Waals surface area (Å²) in [5.41, 5.74) is 5.56. The molecular formula is C22H49NSi. The van der Waals surface area contributed by atoms with Crippen molar-refractivity contribution in [2.45, 2.75) is 135 Å². The van der Waals surface area contributed by atoms with Crippen LogP contribution in [-0.4, -0.2) is 14.6 Å². The third kappa shape index (κ3) is 13.5. The zero-order chi connectivity index (χ0) is 17.9. The van der Waals surface area contributed by atoms with Gasteiger partial charge in [0.1, 0.15) is 0 Å². The molecule has 0 aliphatic rings. The molecule has 0 radical (unpaired) electrons. The molecule has 0 saturated carbocycles. The molecule has 0 aromatic heterocycles. The molecule has 0 fully saturated rings. The Morgan fingerprint density at radius 1 is 0.458 bits per heavy atom. The average molecular weight is 356 g/mol. The first-order valence-corrected chi connectivity index (χ1v) is 14.3. The van der Waals surface area contributed by atoms with E-state index in [-0.39, 0.29) is 0 Å². The van der Waals surface area contributed by atoms with Gasteiger partial charge < -0.3 is 5.73 Å². The van der Waals surface area contributed by atoms with Crippen molar-refractivity contribution < 1.29 is 0 Å². The van der Waals surface area contributed by atoms with Crippen LogP contribution in [0.2, 0.25) is 24.2 Å². The van der Waals surface area contributed by atoms with E-state index in [1.165, 1.54) is 89.9 Å². The molecule has 1 nitrogen and oxygen atoms in total. The van der Waals surface area contributed by atoms with Gasteiger partial charge in [-0.15, -0.1) is 0 Å². The van der Waals surface area contributed by atoms with Crippen molar-refractivity contribution in [3.8, 4) is 0 Å². The summed E-state index contributed by atoms with van der Waals surface area (Å²) in [6.45, 7) is 8.01. The molecule has 0 bridgehead atoms. The summed E-state index contributed by atoms with van der Waals surface area (Å²) in [5.74, 6) is 0. The van der Waals surface area contributed by atoms with Crippen LogP contribution >= 0.6 is 0 Å². The van der Waals surface area contributed by atoms with E-state index in [1.54, 1.807) is 24.2 Å². The van der Waals surface area contributed by atoms with Crippen LogP contribution in [-0.2, 0) is 0 Å². The quantitative estimate of drug-likeness (QED) is 0.185. The summed E-state index contributed by atoms with van der Waals surface area (Å²) in [4.78, 5) is 0. The van der Waals surface area contributed by atoms with Crippen molar-refractivity contribution in [3.63, 3.8) is 0 Å². The van der Waals surface area contributed by atoms with Gasteiger partial charge in [0.25, 0.3) is 0 Å². The predicted octanol–water partition coefficient (Wildman–Crippen LogP) is 7.92. The first-order chi connectivity index (χ1) is 11.7. The Balaban J connectivity index is 4.07. The molecular weight excluding hydrogens is 306 g/mol. The van der Waals surface area contributed by atoms with Crippen molar-refractivity contribution in [2.24, 2.45) is 5.73 Å². The summed E-state index contributed by atoms with van der Waals surface area (Å²) < 4.78 is 0. The van der Waals surface area contributed by atoms with Crippen LogP contribution in [0.3, 0.4) is 0 Å². The van der Waals surface area contributed by atoms with E-state index < -0.39 is 8.07 Å². The fraction of sp³-hybridized carbons (Fsp3) is 1.00. The molecule has 0 aromatic rings. The lowest BCUT2D eigenvalue weighted by atomic mass is 10.1. The predicted molar refractivity (Wildman–Crippen MR) is 116 cm³/mol. The lowest BCUT2D eigenvalue weighted by Gasteiger charge is -2.32. The molecule has 0 aliphatic heterocycles. The number of unbranched alkanes of at least 4 members (excludes halogenated alkanes) is 10. The molecule has 0 heterocycles. The molecule has 0 amide bonds. The maximum atomic E-state index is 5.56. The summed E-state index contributed by atoms with van der Waals surface area (Å²) >= 11 is 0. The molecule has 2 N–H and O–H groups in total. The van der Waals surface area contributed by atoms with Crippen LogP contribution in [0, 0.1) is 0 Å². The van der Waals surface area contributed by atoms with Crippen molar-refractivity contribution >= 4 is 8.07 Å². The number of nitrogens with two attached hydrogens (primary N) is 1. The average Bonchev–Trinajstić information content (AvgIpc) is 2.61. The molecule has 0 aromatic carbocycles. The summed E-state index contributed by atoms with van der Waals surface area (Å²) in [7, 11) is -0.958. The minimum Gasteiger partial charge on any atom is -0.330 e. The van der Waals surface area contributed by atoms with E-state index in [9.17, 15) is 0 Å². The monoisotopic (exact) mass is 355 g/mol. The van der Waals surface area contributed by atoms with Gasteiger partial charge in [-0.25, -0.2) is 0 Å². The second-order valence-corrected chi connectivity index (χ2v) is 13.2. The van der Waals surface area contributed by atoms with Crippen molar-refractivity contribution in [2.75, 3.05) is 6.54 Å². The van der Waals surface area contributed by atoms with Gasteiger partial charge in [-0.05, 0) is 13.0 Å². The molecule has 0 aliphatic carbocycles. The zero-order valence-corrected chi connectivity index (χ0v) is 18.5. The van der Waals surface area contributed by atoms with E-state index in [2.05, 4.69) is 20.8 Å². The SMILES string of the molecule is CCCC[Si](CCCC)(CCCC)CCCCCCCCCCN. The number of rotatable bonds is 19. The molecule has 0 saturated heterocycles. The Kier molecular flexibility index (Phi) is 18.1. The minimum atomic E-state index is -0.958. The number of hydrogen-bond acceptors (Lipinski definition) is 1. The van der Waals surface area contributed by atoms with Gasteiger partial charge in [0, 0.05) is 0 Å². The molecule has 0 spiro atoms. The normalized spacial score (nSPS) is 12.0. The molecule has 146 valence electrons. The standard InChI is InChI=1S/C22H49NSi/c1-4-7-19-24(20-8-5-2,21-9-6-3)22-17-15-13-11-10-12-14-16-18-23/h4-23H2,1-3H3.